The molecule has 0 nitrogen and oxygen atoms in total. The van der Waals surface area contributed by atoms with E-state index in [1.807, 2.05) is 0 Å². The third-order valence-corrected chi connectivity index (χ3v) is 23.4. The molecule has 0 N–H and O–H groups in total. The van der Waals surface area contributed by atoms with E-state index in [0.29, 0.717) is 33.2 Å². The van der Waals surface area contributed by atoms with E-state index in [1.54, 1.807) is 0 Å². The second kappa shape index (κ2) is 14.6. The molecule has 0 spiro atoms. The summed E-state index contributed by atoms with van der Waals surface area (Å²) in [6, 6.07) is 26.4. The molecule has 0 aromatic heterocycles. The fourth-order valence-corrected chi connectivity index (χ4v) is 18.9. The Kier molecular flexibility index (Phi) is 11.3. The molecule has 0 aliphatic heterocycles. The van der Waals surface area contributed by atoms with Crippen LogP contribution in [0.3, 0.4) is 0 Å². The van der Waals surface area contributed by atoms with Gasteiger partial charge in [-0.25, -0.2) is 0 Å². The summed E-state index contributed by atoms with van der Waals surface area (Å²) in [4.78, 5) is 0. The van der Waals surface area contributed by atoms with Crippen LogP contribution in [0.1, 0.15) is 105 Å². The van der Waals surface area contributed by atoms with Crippen molar-refractivity contribution in [3.05, 3.63) is 95.1 Å². The maximum Gasteiger partial charge on any atom is 0.146 e. The Morgan fingerprint density at radius 1 is 0.413 bits per heavy atom. The standard InChI is InChI=1S/C44H56Si2/c1-31(2)45(32(3)4,33(5)6)28-26-42-39-20-16-17-21-40(39)43(27-29-46(34(7)8,35(9)10)36(11)12)44-30-38(24-25-41(42)44)23-22-37-18-14-13-15-19-37/h13-25,30-36H,1-12H3/b23-22+. The number of rotatable bonds is 8. The topological polar surface area (TPSA) is 0 Å². The van der Waals surface area contributed by atoms with Gasteiger partial charge in [-0.2, -0.15) is 0 Å². The van der Waals surface area contributed by atoms with Gasteiger partial charge in [-0.1, -0.05) is 174 Å². The Morgan fingerprint density at radius 2 is 0.783 bits per heavy atom. The number of benzene rings is 4. The lowest BCUT2D eigenvalue weighted by Crippen LogP contribution is -2.43. The fourth-order valence-electron chi connectivity index (χ4n) is 8.53. The minimum atomic E-state index is -1.95. The van der Waals surface area contributed by atoms with Gasteiger partial charge in [0.25, 0.3) is 0 Å². The molecule has 4 rings (SSSR count). The van der Waals surface area contributed by atoms with Crippen LogP contribution in [0.5, 0.6) is 0 Å². The zero-order valence-corrected chi connectivity index (χ0v) is 32.5. The Balaban J connectivity index is 2.12. The van der Waals surface area contributed by atoms with Gasteiger partial charge in [-0.15, -0.1) is 11.1 Å². The van der Waals surface area contributed by atoms with Gasteiger partial charge < -0.3 is 0 Å². The normalized spacial score (nSPS) is 12.7. The molecule has 0 saturated carbocycles. The molecule has 4 aromatic carbocycles. The largest absolute Gasteiger partial charge is 0.146 e. The lowest BCUT2D eigenvalue weighted by atomic mass is 9.91. The van der Waals surface area contributed by atoms with Gasteiger partial charge in [0.1, 0.15) is 16.1 Å². The van der Waals surface area contributed by atoms with Gasteiger partial charge >= 0.3 is 0 Å². The van der Waals surface area contributed by atoms with Crippen LogP contribution in [0.2, 0.25) is 33.2 Å². The van der Waals surface area contributed by atoms with Crippen molar-refractivity contribution in [2.75, 3.05) is 0 Å². The molecule has 0 saturated heterocycles. The maximum atomic E-state index is 4.07. The fraction of sp³-hybridized carbons (Fsp3) is 0.409. The zero-order chi connectivity index (χ0) is 33.8. The molecule has 4 aromatic rings. The first-order valence-corrected chi connectivity index (χ1v) is 22.0. The summed E-state index contributed by atoms with van der Waals surface area (Å²) in [5.74, 6) is 7.82. The molecular weight excluding hydrogens is 585 g/mol. The van der Waals surface area contributed by atoms with E-state index in [2.05, 4.69) is 191 Å². The van der Waals surface area contributed by atoms with Crippen LogP contribution < -0.4 is 0 Å². The summed E-state index contributed by atoms with van der Waals surface area (Å²) in [5.41, 5.74) is 16.3. The monoisotopic (exact) mass is 640 g/mol. The molecule has 0 fully saturated rings. The summed E-state index contributed by atoms with van der Waals surface area (Å²) < 4.78 is 0. The predicted molar refractivity (Wildman–Crippen MR) is 213 cm³/mol. The van der Waals surface area contributed by atoms with Crippen molar-refractivity contribution in [1.82, 2.24) is 0 Å². The van der Waals surface area contributed by atoms with E-state index in [1.165, 1.54) is 32.7 Å². The van der Waals surface area contributed by atoms with Gasteiger partial charge in [0, 0.05) is 11.1 Å². The molecule has 0 heterocycles. The van der Waals surface area contributed by atoms with Crippen LogP contribution in [0.15, 0.2) is 72.8 Å². The SMILES string of the molecule is CC(C)[Si](C#Cc1c2ccccc2c(C#C[Si](C(C)C)(C(C)C)C(C)C)c2cc(/C=C/c3ccccc3)ccc12)(C(C)C)C(C)C. The van der Waals surface area contributed by atoms with Crippen molar-refractivity contribution in [3.63, 3.8) is 0 Å². The second-order valence-corrected chi connectivity index (χ2v) is 26.3. The average Bonchev–Trinajstić information content (AvgIpc) is 3.00. The van der Waals surface area contributed by atoms with Crippen LogP contribution in [-0.2, 0) is 0 Å². The number of fused-ring (bicyclic) bond motifs is 2. The molecule has 0 radical (unpaired) electrons. The zero-order valence-electron chi connectivity index (χ0n) is 30.5. The first kappa shape index (κ1) is 35.5. The molecule has 0 atom stereocenters. The molecule has 0 unspecified atom stereocenters. The Bertz CT molecular complexity index is 1770. The minimum absolute atomic E-state index is 0.577. The molecule has 0 aliphatic rings. The quantitative estimate of drug-likeness (QED) is 0.0778. The first-order chi connectivity index (χ1) is 21.8. The summed E-state index contributed by atoms with van der Waals surface area (Å²) >= 11 is 0. The third-order valence-electron chi connectivity index (χ3n) is 10.9. The molecule has 2 heteroatoms. The highest BCUT2D eigenvalue weighted by Gasteiger charge is 2.42. The maximum absolute atomic E-state index is 4.07. The van der Waals surface area contributed by atoms with Gasteiger partial charge in [0.2, 0.25) is 0 Å². The first-order valence-electron chi connectivity index (χ1n) is 17.5. The highest BCUT2D eigenvalue weighted by molar-refractivity contribution is 6.91. The van der Waals surface area contributed by atoms with Crippen molar-refractivity contribution in [2.45, 2.75) is 116 Å². The van der Waals surface area contributed by atoms with E-state index in [4.69, 9.17) is 0 Å². The molecule has 240 valence electrons. The van der Waals surface area contributed by atoms with Crippen molar-refractivity contribution < 1.29 is 0 Å². The van der Waals surface area contributed by atoms with Crippen molar-refractivity contribution in [1.29, 1.82) is 0 Å². The van der Waals surface area contributed by atoms with E-state index in [-0.39, 0.29) is 0 Å². The van der Waals surface area contributed by atoms with Crippen molar-refractivity contribution in [2.24, 2.45) is 0 Å². The Labute approximate surface area is 283 Å². The van der Waals surface area contributed by atoms with E-state index in [0.717, 1.165) is 11.1 Å². The molecule has 0 aliphatic carbocycles. The predicted octanol–water partition coefficient (Wildman–Crippen LogP) is 13.3. The highest BCUT2D eigenvalue weighted by atomic mass is 28.3. The molecular formula is C44H56Si2. The molecule has 0 amide bonds. The average molecular weight is 641 g/mol. The van der Waals surface area contributed by atoms with E-state index >= 15 is 0 Å². The number of hydrogen-bond donors (Lipinski definition) is 0. The van der Waals surface area contributed by atoms with Crippen molar-refractivity contribution >= 4 is 49.8 Å². The van der Waals surface area contributed by atoms with Gasteiger partial charge in [-0.05, 0) is 72.0 Å². The third kappa shape index (κ3) is 6.72. The van der Waals surface area contributed by atoms with Crippen LogP contribution in [-0.4, -0.2) is 16.1 Å². The van der Waals surface area contributed by atoms with E-state index in [9.17, 15) is 0 Å². The number of hydrogen-bond acceptors (Lipinski definition) is 0. The Morgan fingerprint density at radius 3 is 1.22 bits per heavy atom. The summed E-state index contributed by atoms with van der Waals surface area (Å²) in [7, 11) is -3.88. The lowest BCUT2D eigenvalue weighted by molar-refractivity contribution is 0.838. The van der Waals surface area contributed by atoms with Crippen LogP contribution in [0, 0.1) is 22.9 Å². The lowest BCUT2D eigenvalue weighted by Gasteiger charge is -2.38. The summed E-state index contributed by atoms with van der Waals surface area (Å²) in [5, 5.41) is 4.89. The Hall–Kier alpha value is -3.31. The van der Waals surface area contributed by atoms with Gasteiger partial charge in [-0.3, -0.25) is 0 Å². The molecule has 0 bridgehead atoms. The van der Waals surface area contributed by atoms with E-state index < -0.39 is 16.1 Å². The molecule has 46 heavy (non-hydrogen) atoms. The van der Waals surface area contributed by atoms with Crippen molar-refractivity contribution in [3.8, 4) is 22.9 Å². The summed E-state index contributed by atoms with van der Waals surface area (Å²) in [6.45, 7) is 28.8. The highest BCUT2D eigenvalue weighted by Crippen LogP contribution is 2.43. The summed E-state index contributed by atoms with van der Waals surface area (Å²) in [6.07, 6.45) is 4.44. The smallest absolute Gasteiger partial charge is 0.125 e. The van der Waals surface area contributed by atoms with Gasteiger partial charge in [0.05, 0.1) is 0 Å². The van der Waals surface area contributed by atoms with Crippen LogP contribution in [0.25, 0.3) is 33.7 Å². The minimum Gasteiger partial charge on any atom is -0.125 e. The van der Waals surface area contributed by atoms with Crippen LogP contribution >= 0.6 is 0 Å². The van der Waals surface area contributed by atoms with Gasteiger partial charge in [0.15, 0.2) is 0 Å². The second-order valence-electron chi connectivity index (χ2n) is 15.1. The van der Waals surface area contributed by atoms with Crippen LogP contribution in [0.4, 0.5) is 0 Å².